The minimum Gasteiger partial charge on any atom is -0.378 e. The quantitative estimate of drug-likeness (QED) is 0.702. The first kappa shape index (κ1) is 10.4. The van der Waals surface area contributed by atoms with E-state index in [1.165, 1.54) is 4.57 Å². The lowest BCUT2D eigenvalue weighted by Gasteiger charge is -2.26. The van der Waals surface area contributed by atoms with Crippen molar-refractivity contribution in [2.45, 2.75) is 6.54 Å². The number of carbonyl (C=O) groups is 1. The zero-order chi connectivity index (χ0) is 10.7. The lowest BCUT2D eigenvalue weighted by atomic mass is 10.4. The van der Waals surface area contributed by atoms with Crippen molar-refractivity contribution in [2.75, 3.05) is 26.3 Å². The van der Waals surface area contributed by atoms with Crippen LogP contribution in [-0.4, -0.2) is 41.7 Å². The zero-order valence-electron chi connectivity index (χ0n) is 8.22. The third kappa shape index (κ3) is 2.45. The number of rotatable bonds is 2. The molecule has 0 aliphatic carbocycles. The number of aromatic nitrogens is 1. The van der Waals surface area contributed by atoms with Gasteiger partial charge in [-0.15, -0.1) is 0 Å². The minimum atomic E-state index is -0.0865. The first-order chi connectivity index (χ1) is 7.27. The Morgan fingerprint density at radius 2 is 2.20 bits per heavy atom. The number of nitrogens with zero attached hydrogens (tertiary/aromatic N) is 2. The Kier molecular flexibility index (Phi) is 3.17. The van der Waals surface area contributed by atoms with Crippen molar-refractivity contribution in [2.24, 2.45) is 0 Å². The fourth-order valence-electron chi connectivity index (χ4n) is 1.47. The number of thiazole rings is 1. The fourth-order valence-corrected chi connectivity index (χ4v) is 2.05. The molecule has 0 spiro atoms. The van der Waals surface area contributed by atoms with Crippen LogP contribution in [0.2, 0.25) is 0 Å². The van der Waals surface area contributed by atoms with Crippen molar-refractivity contribution in [3.63, 3.8) is 0 Å². The first-order valence-electron chi connectivity index (χ1n) is 4.77. The molecule has 0 unspecified atom stereocenters. The standard InChI is InChI=1S/C9H12N2O3S/c12-8(10-1-4-14-5-2-10)7-11-3-6-15-9(11)13/h3,6H,1-2,4-5,7H2. The van der Waals surface area contributed by atoms with Crippen LogP contribution < -0.4 is 4.87 Å². The molecule has 1 aliphatic heterocycles. The molecule has 1 amide bonds. The van der Waals surface area contributed by atoms with Crippen molar-refractivity contribution in [1.29, 1.82) is 0 Å². The van der Waals surface area contributed by atoms with Gasteiger partial charge in [0.25, 0.3) is 0 Å². The average molecular weight is 228 g/mol. The van der Waals surface area contributed by atoms with E-state index in [2.05, 4.69) is 0 Å². The smallest absolute Gasteiger partial charge is 0.307 e. The van der Waals surface area contributed by atoms with Gasteiger partial charge in [0.2, 0.25) is 5.91 Å². The third-order valence-electron chi connectivity index (χ3n) is 2.31. The van der Waals surface area contributed by atoms with Crippen LogP contribution in [0.3, 0.4) is 0 Å². The molecule has 0 bridgehead atoms. The SMILES string of the molecule is O=C(Cn1ccsc1=O)N1CCOCC1. The summed E-state index contributed by atoms with van der Waals surface area (Å²) in [6, 6.07) is 0. The van der Waals surface area contributed by atoms with Gasteiger partial charge in [-0.05, 0) is 0 Å². The number of carbonyl (C=O) groups excluding carboxylic acids is 1. The van der Waals surface area contributed by atoms with Crippen LogP contribution in [0.5, 0.6) is 0 Å². The van der Waals surface area contributed by atoms with E-state index in [1.807, 2.05) is 0 Å². The average Bonchev–Trinajstić information content (AvgIpc) is 2.66. The van der Waals surface area contributed by atoms with Crippen molar-refractivity contribution in [3.8, 4) is 0 Å². The van der Waals surface area contributed by atoms with Crippen LogP contribution in [0.15, 0.2) is 16.4 Å². The predicted octanol–water partition coefficient (Wildman–Crippen LogP) is -0.231. The van der Waals surface area contributed by atoms with Gasteiger partial charge in [0.05, 0.1) is 13.2 Å². The third-order valence-corrected chi connectivity index (χ3v) is 3.01. The molecule has 82 valence electrons. The van der Waals surface area contributed by atoms with Crippen LogP contribution in [-0.2, 0) is 16.1 Å². The van der Waals surface area contributed by atoms with Gasteiger partial charge in [0.1, 0.15) is 6.54 Å². The Bertz CT molecular complexity index is 392. The monoisotopic (exact) mass is 228 g/mol. The van der Waals surface area contributed by atoms with E-state index in [0.29, 0.717) is 26.3 Å². The summed E-state index contributed by atoms with van der Waals surface area (Å²) < 4.78 is 6.58. The summed E-state index contributed by atoms with van der Waals surface area (Å²) >= 11 is 1.11. The summed E-state index contributed by atoms with van der Waals surface area (Å²) in [6.45, 7) is 2.56. The Balaban J connectivity index is 1.97. The Labute approximate surface area is 90.9 Å². The Hall–Kier alpha value is -1.14. The van der Waals surface area contributed by atoms with Gasteiger partial charge in [-0.3, -0.25) is 14.2 Å². The van der Waals surface area contributed by atoms with E-state index < -0.39 is 0 Å². The van der Waals surface area contributed by atoms with Crippen LogP contribution in [0.1, 0.15) is 0 Å². The molecular weight excluding hydrogens is 216 g/mol. The maximum atomic E-state index is 11.7. The van der Waals surface area contributed by atoms with E-state index in [0.717, 1.165) is 11.3 Å². The van der Waals surface area contributed by atoms with E-state index in [9.17, 15) is 9.59 Å². The number of morpholine rings is 1. The van der Waals surface area contributed by atoms with Gasteiger partial charge in [-0.1, -0.05) is 11.3 Å². The molecule has 5 nitrogen and oxygen atoms in total. The van der Waals surface area contributed by atoms with Crippen molar-refractivity contribution in [3.05, 3.63) is 21.2 Å². The summed E-state index contributed by atoms with van der Waals surface area (Å²) in [5.41, 5.74) is 0. The first-order valence-corrected chi connectivity index (χ1v) is 5.65. The minimum absolute atomic E-state index is 0.0150. The van der Waals surface area contributed by atoms with Crippen molar-refractivity contribution >= 4 is 17.2 Å². The number of ether oxygens (including phenoxy) is 1. The summed E-state index contributed by atoms with van der Waals surface area (Å²) in [7, 11) is 0. The summed E-state index contributed by atoms with van der Waals surface area (Å²) in [4.78, 5) is 24.6. The second kappa shape index (κ2) is 4.59. The highest BCUT2D eigenvalue weighted by Gasteiger charge is 2.17. The van der Waals surface area contributed by atoms with Gasteiger partial charge in [-0.2, -0.15) is 0 Å². The molecule has 1 saturated heterocycles. The van der Waals surface area contributed by atoms with Crippen molar-refractivity contribution < 1.29 is 9.53 Å². The van der Waals surface area contributed by atoms with E-state index in [4.69, 9.17) is 4.74 Å². The van der Waals surface area contributed by atoms with Crippen molar-refractivity contribution in [1.82, 2.24) is 9.47 Å². The van der Waals surface area contributed by atoms with E-state index in [-0.39, 0.29) is 17.3 Å². The highest BCUT2D eigenvalue weighted by atomic mass is 32.1. The van der Waals surface area contributed by atoms with Gasteiger partial charge < -0.3 is 9.64 Å². The van der Waals surface area contributed by atoms with Crippen LogP contribution in [0, 0.1) is 0 Å². The van der Waals surface area contributed by atoms with Gasteiger partial charge >= 0.3 is 4.87 Å². The predicted molar refractivity (Wildman–Crippen MR) is 56.0 cm³/mol. The molecule has 2 rings (SSSR count). The van der Waals surface area contributed by atoms with E-state index in [1.54, 1.807) is 16.5 Å². The van der Waals surface area contributed by atoms with E-state index >= 15 is 0 Å². The van der Waals surface area contributed by atoms with Crippen LogP contribution in [0.4, 0.5) is 0 Å². The largest absolute Gasteiger partial charge is 0.378 e. The molecule has 15 heavy (non-hydrogen) atoms. The molecule has 1 aromatic heterocycles. The highest BCUT2D eigenvalue weighted by molar-refractivity contribution is 7.07. The molecule has 0 radical (unpaired) electrons. The Morgan fingerprint density at radius 3 is 2.80 bits per heavy atom. The molecular formula is C9H12N2O3S. The number of amides is 1. The fraction of sp³-hybridized carbons (Fsp3) is 0.556. The molecule has 2 heterocycles. The van der Waals surface area contributed by atoms with Crippen LogP contribution in [0.25, 0.3) is 0 Å². The molecule has 6 heteroatoms. The van der Waals surface area contributed by atoms with Gasteiger partial charge in [0, 0.05) is 24.7 Å². The molecule has 0 saturated carbocycles. The summed E-state index contributed by atoms with van der Waals surface area (Å²) in [5, 5.41) is 1.69. The highest BCUT2D eigenvalue weighted by Crippen LogP contribution is 1.99. The van der Waals surface area contributed by atoms with Gasteiger partial charge in [0.15, 0.2) is 0 Å². The summed E-state index contributed by atoms with van der Waals surface area (Å²) in [6.07, 6.45) is 1.64. The molecule has 1 fully saturated rings. The Morgan fingerprint density at radius 1 is 1.47 bits per heavy atom. The van der Waals surface area contributed by atoms with Crippen LogP contribution >= 0.6 is 11.3 Å². The molecule has 1 aromatic rings. The maximum Gasteiger partial charge on any atom is 0.307 e. The van der Waals surface area contributed by atoms with Gasteiger partial charge in [-0.25, -0.2) is 0 Å². The summed E-state index contributed by atoms with van der Waals surface area (Å²) in [5.74, 6) is -0.0150. The topological polar surface area (TPSA) is 51.5 Å². The molecule has 0 aromatic carbocycles. The number of hydrogen-bond acceptors (Lipinski definition) is 4. The lowest BCUT2D eigenvalue weighted by Crippen LogP contribution is -2.42. The maximum absolute atomic E-state index is 11.7. The molecule has 0 N–H and O–H groups in total. The molecule has 1 aliphatic rings. The lowest BCUT2D eigenvalue weighted by molar-refractivity contribution is -0.135. The normalized spacial score (nSPS) is 16.7. The zero-order valence-corrected chi connectivity index (χ0v) is 9.03. The second-order valence-corrected chi connectivity index (χ2v) is 4.15. The molecule has 0 atom stereocenters. The number of hydrogen-bond donors (Lipinski definition) is 0. The second-order valence-electron chi connectivity index (χ2n) is 3.29.